The molecule has 4 nitrogen and oxygen atoms in total. The fourth-order valence-electron chi connectivity index (χ4n) is 3.54. The van der Waals surface area contributed by atoms with E-state index in [0.717, 1.165) is 21.8 Å². The standard InChI is InChI=1S/C23H33NO3S/c1-15-8-9-17-16(12-15)10-11-24(21(17)28)20-13-18(27-23(5,6)7)19(26-20)14-25-22(2,3)4/h8-12,18-20H,13-14H2,1-7H3/t18-,19-,20-/m1/s1. The van der Waals surface area contributed by atoms with Crippen molar-refractivity contribution in [1.29, 1.82) is 0 Å². The van der Waals surface area contributed by atoms with Crippen LogP contribution in [0.1, 0.15) is 59.8 Å². The second-order valence-electron chi connectivity index (χ2n) is 9.68. The Kier molecular flexibility index (Phi) is 6.02. The van der Waals surface area contributed by atoms with Crippen LogP contribution in [0, 0.1) is 11.6 Å². The summed E-state index contributed by atoms with van der Waals surface area (Å²) < 4.78 is 21.6. The molecule has 1 aliphatic rings. The van der Waals surface area contributed by atoms with Crippen LogP contribution < -0.4 is 0 Å². The zero-order valence-corrected chi connectivity index (χ0v) is 18.9. The molecule has 1 saturated heterocycles. The van der Waals surface area contributed by atoms with Crippen LogP contribution >= 0.6 is 12.2 Å². The Hall–Kier alpha value is -1.27. The first-order valence-electron chi connectivity index (χ1n) is 10.0. The summed E-state index contributed by atoms with van der Waals surface area (Å²) in [5.74, 6) is 0. The molecule has 1 fully saturated rings. The monoisotopic (exact) mass is 403 g/mol. The summed E-state index contributed by atoms with van der Waals surface area (Å²) in [6.45, 7) is 15.0. The third-order valence-electron chi connectivity index (χ3n) is 4.76. The molecule has 3 atom stereocenters. The van der Waals surface area contributed by atoms with E-state index in [1.54, 1.807) is 0 Å². The van der Waals surface area contributed by atoms with E-state index in [9.17, 15) is 0 Å². The number of rotatable bonds is 4. The van der Waals surface area contributed by atoms with Crippen molar-refractivity contribution < 1.29 is 14.2 Å². The second-order valence-corrected chi connectivity index (χ2v) is 10.1. The molecular formula is C23H33NO3S. The highest BCUT2D eigenvalue weighted by atomic mass is 32.1. The zero-order chi connectivity index (χ0) is 20.7. The average molecular weight is 404 g/mol. The van der Waals surface area contributed by atoms with Gasteiger partial charge in [-0.25, -0.2) is 0 Å². The number of benzene rings is 1. The summed E-state index contributed by atoms with van der Waals surface area (Å²) in [4.78, 5) is 0. The third kappa shape index (κ3) is 5.20. The van der Waals surface area contributed by atoms with Gasteiger partial charge in [0.15, 0.2) is 0 Å². The van der Waals surface area contributed by atoms with Crippen LogP contribution in [0.2, 0.25) is 0 Å². The largest absolute Gasteiger partial charge is 0.373 e. The van der Waals surface area contributed by atoms with E-state index in [4.69, 9.17) is 26.4 Å². The molecule has 1 aromatic carbocycles. The van der Waals surface area contributed by atoms with Gasteiger partial charge < -0.3 is 18.8 Å². The fourth-order valence-corrected chi connectivity index (χ4v) is 3.90. The lowest BCUT2D eigenvalue weighted by Gasteiger charge is -2.29. The third-order valence-corrected chi connectivity index (χ3v) is 5.19. The van der Waals surface area contributed by atoms with Crippen molar-refractivity contribution in [3.8, 4) is 0 Å². The van der Waals surface area contributed by atoms with Crippen LogP contribution in [-0.4, -0.2) is 34.6 Å². The molecule has 1 aliphatic heterocycles. The van der Waals surface area contributed by atoms with Crippen LogP contribution in [0.4, 0.5) is 0 Å². The van der Waals surface area contributed by atoms with E-state index in [1.165, 1.54) is 5.56 Å². The summed E-state index contributed by atoms with van der Waals surface area (Å²) in [7, 11) is 0. The summed E-state index contributed by atoms with van der Waals surface area (Å²) in [6.07, 6.45) is 2.47. The van der Waals surface area contributed by atoms with Gasteiger partial charge in [0.1, 0.15) is 17.0 Å². The first-order valence-corrected chi connectivity index (χ1v) is 10.4. The van der Waals surface area contributed by atoms with E-state index in [0.29, 0.717) is 6.61 Å². The highest BCUT2D eigenvalue weighted by molar-refractivity contribution is 7.71. The predicted octanol–water partition coefficient (Wildman–Crippen LogP) is 5.97. The van der Waals surface area contributed by atoms with Gasteiger partial charge in [-0.05, 0) is 59.9 Å². The number of hydrogen-bond donors (Lipinski definition) is 0. The molecule has 5 heteroatoms. The van der Waals surface area contributed by atoms with Crippen LogP contribution in [0.25, 0.3) is 10.8 Å². The minimum atomic E-state index is -0.245. The number of nitrogens with zero attached hydrogens (tertiary/aromatic N) is 1. The lowest BCUT2D eigenvalue weighted by atomic mass is 10.1. The fraction of sp³-hybridized carbons (Fsp3) is 0.609. The van der Waals surface area contributed by atoms with Gasteiger partial charge in [-0.1, -0.05) is 36.0 Å². The summed E-state index contributed by atoms with van der Waals surface area (Å²) in [5, 5.41) is 2.24. The first-order chi connectivity index (χ1) is 12.9. The maximum Gasteiger partial charge on any atom is 0.137 e. The Bertz CT molecular complexity index is 891. The number of aryl methyl sites for hydroxylation is 1. The van der Waals surface area contributed by atoms with Gasteiger partial charge in [-0.15, -0.1) is 0 Å². The molecule has 0 aliphatic carbocycles. The lowest BCUT2D eigenvalue weighted by molar-refractivity contribution is -0.132. The van der Waals surface area contributed by atoms with Crippen molar-refractivity contribution in [3.05, 3.63) is 40.7 Å². The van der Waals surface area contributed by atoms with Crippen LogP contribution in [0.15, 0.2) is 30.5 Å². The highest BCUT2D eigenvalue weighted by Crippen LogP contribution is 2.35. The number of hydrogen-bond acceptors (Lipinski definition) is 4. The number of fused-ring (bicyclic) bond motifs is 1. The van der Waals surface area contributed by atoms with Crippen LogP contribution in [-0.2, 0) is 14.2 Å². The number of aromatic nitrogens is 1. The molecular weight excluding hydrogens is 370 g/mol. The van der Waals surface area contributed by atoms with E-state index in [-0.39, 0.29) is 29.6 Å². The number of pyridine rings is 1. The molecule has 0 amide bonds. The Morgan fingerprint density at radius 1 is 1.11 bits per heavy atom. The smallest absolute Gasteiger partial charge is 0.137 e. The van der Waals surface area contributed by atoms with Crippen molar-refractivity contribution in [2.75, 3.05) is 6.61 Å². The van der Waals surface area contributed by atoms with Crippen molar-refractivity contribution in [1.82, 2.24) is 4.57 Å². The minimum absolute atomic E-state index is 0.0389. The van der Waals surface area contributed by atoms with Gasteiger partial charge in [0.25, 0.3) is 0 Å². The van der Waals surface area contributed by atoms with Crippen LogP contribution in [0.5, 0.6) is 0 Å². The van der Waals surface area contributed by atoms with Crippen molar-refractivity contribution >= 4 is 23.0 Å². The minimum Gasteiger partial charge on any atom is -0.373 e. The maximum atomic E-state index is 6.40. The Labute approximate surface area is 173 Å². The quantitative estimate of drug-likeness (QED) is 0.589. The van der Waals surface area contributed by atoms with Crippen LogP contribution in [0.3, 0.4) is 0 Å². The van der Waals surface area contributed by atoms with Crippen molar-refractivity contribution in [3.63, 3.8) is 0 Å². The molecule has 3 rings (SSSR count). The average Bonchev–Trinajstić information content (AvgIpc) is 2.93. The normalized spacial score (nSPS) is 23.5. The van der Waals surface area contributed by atoms with Gasteiger partial charge in [-0.2, -0.15) is 0 Å². The topological polar surface area (TPSA) is 32.6 Å². The van der Waals surface area contributed by atoms with Crippen molar-refractivity contribution in [2.45, 2.75) is 84.5 Å². The number of ether oxygens (including phenoxy) is 3. The molecule has 28 heavy (non-hydrogen) atoms. The first kappa shape index (κ1) is 21.4. The SMILES string of the molecule is Cc1ccc2c(=S)n([C@H]3C[C@@H](OC(C)(C)C)[C@@H](COC(C)(C)C)O3)ccc2c1. The summed E-state index contributed by atoms with van der Waals surface area (Å²) in [6, 6.07) is 8.47. The van der Waals surface area contributed by atoms with E-state index in [1.807, 2.05) is 6.20 Å². The Morgan fingerprint density at radius 2 is 1.82 bits per heavy atom. The highest BCUT2D eigenvalue weighted by Gasteiger charge is 2.39. The second kappa shape index (κ2) is 7.86. The molecule has 1 aromatic heterocycles. The molecule has 0 N–H and O–H groups in total. The van der Waals surface area contributed by atoms with E-state index < -0.39 is 0 Å². The maximum absolute atomic E-state index is 6.40. The molecule has 2 heterocycles. The van der Waals surface area contributed by atoms with Gasteiger partial charge in [0, 0.05) is 18.0 Å². The van der Waals surface area contributed by atoms with E-state index in [2.05, 4.69) is 77.3 Å². The molecule has 0 spiro atoms. The lowest BCUT2D eigenvalue weighted by Crippen LogP contribution is -2.37. The van der Waals surface area contributed by atoms with Gasteiger partial charge in [0.2, 0.25) is 0 Å². The van der Waals surface area contributed by atoms with Gasteiger partial charge in [0.05, 0.1) is 23.9 Å². The van der Waals surface area contributed by atoms with Gasteiger partial charge >= 0.3 is 0 Å². The molecule has 0 bridgehead atoms. The summed E-state index contributed by atoms with van der Waals surface area (Å²) in [5.41, 5.74) is 0.769. The Morgan fingerprint density at radius 3 is 2.46 bits per heavy atom. The molecule has 0 radical (unpaired) electrons. The van der Waals surface area contributed by atoms with E-state index >= 15 is 0 Å². The molecule has 2 aromatic rings. The molecule has 0 unspecified atom stereocenters. The zero-order valence-electron chi connectivity index (χ0n) is 18.1. The van der Waals surface area contributed by atoms with Gasteiger partial charge in [-0.3, -0.25) is 0 Å². The molecule has 0 saturated carbocycles. The summed E-state index contributed by atoms with van der Waals surface area (Å²) >= 11 is 5.80. The molecule has 154 valence electrons. The Balaban J connectivity index is 1.88. The predicted molar refractivity (Wildman–Crippen MR) is 116 cm³/mol. The van der Waals surface area contributed by atoms with Crippen molar-refractivity contribution in [2.24, 2.45) is 0 Å².